The predicted molar refractivity (Wildman–Crippen MR) is 70.9 cm³/mol. The smallest absolute Gasteiger partial charge is 0.127 e. The topological polar surface area (TPSA) is 32.3 Å². The van der Waals surface area contributed by atoms with Crippen LogP contribution < -0.4 is 5.32 Å². The monoisotopic (exact) mass is 251 g/mol. The lowest BCUT2D eigenvalue weighted by atomic mass is 9.99. The molecule has 0 amide bonds. The van der Waals surface area contributed by atoms with Crippen LogP contribution >= 0.6 is 0 Å². The maximum atomic E-state index is 13.7. The van der Waals surface area contributed by atoms with Gasteiger partial charge in [-0.15, -0.1) is 0 Å². The Morgan fingerprint density at radius 3 is 2.61 bits per heavy atom. The van der Waals surface area contributed by atoms with Crippen molar-refractivity contribution in [3.05, 3.63) is 35.6 Å². The lowest BCUT2D eigenvalue weighted by molar-refractivity contribution is 0.0445. The summed E-state index contributed by atoms with van der Waals surface area (Å²) in [6.07, 6.45) is 4.71. The Morgan fingerprint density at radius 2 is 2.00 bits per heavy atom. The maximum Gasteiger partial charge on any atom is 0.127 e. The molecule has 2 N–H and O–H groups in total. The molecule has 1 fully saturated rings. The summed E-state index contributed by atoms with van der Waals surface area (Å²) in [6, 6.07) is 6.85. The van der Waals surface area contributed by atoms with Crippen LogP contribution in [0.25, 0.3) is 0 Å². The highest BCUT2D eigenvalue weighted by Crippen LogP contribution is 2.30. The molecular formula is C15H22FNO. The predicted octanol–water partition coefficient (Wildman–Crippen LogP) is 3.17. The first-order valence-corrected chi connectivity index (χ1v) is 6.85. The molecule has 1 aromatic rings. The van der Waals surface area contributed by atoms with E-state index in [1.165, 1.54) is 6.07 Å². The van der Waals surface area contributed by atoms with Gasteiger partial charge in [0.1, 0.15) is 5.82 Å². The number of halogens is 1. The number of hydrogen-bond acceptors (Lipinski definition) is 2. The maximum absolute atomic E-state index is 13.7. The Labute approximate surface area is 108 Å². The highest BCUT2D eigenvalue weighted by molar-refractivity contribution is 5.21. The molecule has 0 spiro atoms. The van der Waals surface area contributed by atoms with Crippen LogP contribution in [0.3, 0.4) is 0 Å². The van der Waals surface area contributed by atoms with E-state index in [-0.39, 0.29) is 11.9 Å². The zero-order valence-corrected chi connectivity index (χ0v) is 11.0. The summed E-state index contributed by atoms with van der Waals surface area (Å²) in [5.41, 5.74) is 0.111. The van der Waals surface area contributed by atoms with Crippen LogP contribution in [0, 0.1) is 5.82 Å². The third-order valence-corrected chi connectivity index (χ3v) is 3.90. The molecule has 1 aliphatic rings. The average Bonchev–Trinajstić information content (AvgIpc) is 2.79. The Morgan fingerprint density at radius 1 is 1.33 bits per heavy atom. The SMILES string of the molecule is CCC(NCC1(O)CCCC1)c1ccccc1F. The van der Waals surface area contributed by atoms with Gasteiger partial charge in [-0.05, 0) is 25.3 Å². The van der Waals surface area contributed by atoms with Crippen LogP contribution in [-0.2, 0) is 0 Å². The van der Waals surface area contributed by atoms with Crippen molar-refractivity contribution in [3.8, 4) is 0 Å². The molecule has 0 aliphatic heterocycles. The van der Waals surface area contributed by atoms with E-state index < -0.39 is 5.60 Å². The fourth-order valence-corrected chi connectivity index (χ4v) is 2.75. The van der Waals surface area contributed by atoms with Crippen LogP contribution in [-0.4, -0.2) is 17.3 Å². The third-order valence-electron chi connectivity index (χ3n) is 3.90. The van der Waals surface area contributed by atoms with Crippen LogP contribution in [0.4, 0.5) is 4.39 Å². The van der Waals surface area contributed by atoms with Crippen LogP contribution in [0.1, 0.15) is 50.6 Å². The number of nitrogens with one attached hydrogen (secondary N) is 1. The Kier molecular flexibility index (Phi) is 4.36. The van der Waals surface area contributed by atoms with Gasteiger partial charge in [0.05, 0.1) is 5.60 Å². The summed E-state index contributed by atoms with van der Waals surface area (Å²) in [5.74, 6) is -0.171. The summed E-state index contributed by atoms with van der Waals surface area (Å²) in [7, 11) is 0. The second-order valence-electron chi connectivity index (χ2n) is 5.29. The number of aliphatic hydroxyl groups is 1. The first-order valence-electron chi connectivity index (χ1n) is 6.85. The number of rotatable bonds is 5. The van der Waals surface area contributed by atoms with Gasteiger partial charge in [0.2, 0.25) is 0 Å². The van der Waals surface area contributed by atoms with Gasteiger partial charge in [-0.3, -0.25) is 0 Å². The lowest BCUT2D eigenvalue weighted by Gasteiger charge is -2.26. The average molecular weight is 251 g/mol. The fourth-order valence-electron chi connectivity index (χ4n) is 2.75. The number of benzene rings is 1. The summed E-state index contributed by atoms with van der Waals surface area (Å²) in [6.45, 7) is 2.59. The molecule has 1 atom stereocenters. The van der Waals surface area contributed by atoms with Crippen molar-refractivity contribution in [2.24, 2.45) is 0 Å². The summed E-state index contributed by atoms with van der Waals surface area (Å²) in [4.78, 5) is 0. The molecule has 1 saturated carbocycles. The molecule has 0 bridgehead atoms. The molecule has 0 heterocycles. The van der Waals surface area contributed by atoms with Gasteiger partial charge in [0.25, 0.3) is 0 Å². The molecule has 0 saturated heterocycles. The molecule has 3 heteroatoms. The molecule has 100 valence electrons. The van der Waals surface area contributed by atoms with Gasteiger partial charge in [-0.2, -0.15) is 0 Å². The zero-order chi connectivity index (χ0) is 13.0. The summed E-state index contributed by atoms with van der Waals surface area (Å²) < 4.78 is 13.7. The molecule has 1 aliphatic carbocycles. The minimum Gasteiger partial charge on any atom is -0.389 e. The van der Waals surface area contributed by atoms with Gasteiger partial charge >= 0.3 is 0 Å². The Hall–Kier alpha value is -0.930. The minimum atomic E-state index is -0.585. The van der Waals surface area contributed by atoms with Gasteiger partial charge in [-0.1, -0.05) is 38.0 Å². The summed E-state index contributed by atoms with van der Waals surface area (Å²) >= 11 is 0. The largest absolute Gasteiger partial charge is 0.389 e. The molecule has 2 nitrogen and oxygen atoms in total. The van der Waals surface area contributed by atoms with E-state index >= 15 is 0 Å². The van der Waals surface area contributed by atoms with Crippen molar-refractivity contribution in [2.45, 2.75) is 50.7 Å². The molecule has 0 radical (unpaired) electrons. The van der Waals surface area contributed by atoms with Crippen LogP contribution in [0.5, 0.6) is 0 Å². The Balaban J connectivity index is 1.99. The number of hydrogen-bond donors (Lipinski definition) is 2. The summed E-state index contributed by atoms with van der Waals surface area (Å²) in [5, 5.41) is 13.6. The van der Waals surface area contributed by atoms with E-state index in [0.717, 1.165) is 32.1 Å². The van der Waals surface area contributed by atoms with Gasteiger partial charge in [-0.25, -0.2) is 4.39 Å². The second-order valence-corrected chi connectivity index (χ2v) is 5.29. The standard InChI is InChI=1S/C15H22FNO/c1-2-14(12-7-3-4-8-13(12)16)17-11-15(18)9-5-6-10-15/h3-4,7-8,14,17-18H,2,5-6,9-11H2,1H3. The van der Waals surface area contributed by atoms with Crippen molar-refractivity contribution < 1.29 is 9.50 Å². The van der Waals surface area contributed by atoms with Crippen molar-refractivity contribution in [1.82, 2.24) is 5.32 Å². The highest BCUT2D eigenvalue weighted by atomic mass is 19.1. The first kappa shape index (κ1) is 13.5. The van der Waals surface area contributed by atoms with E-state index in [4.69, 9.17) is 0 Å². The van der Waals surface area contributed by atoms with Gasteiger partial charge < -0.3 is 10.4 Å². The second kappa shape index (κ2) is 5.81. The Bertz CT molecular complexity index is 388. The quantitative estimate of drug-likeness (QED) is 0.842. The van der Waals surface area contributed by atoms with E-state index in [0.29, 0.717) is 12.1 Å². The van der Waals surface area contributed by atoms with Gasteiger partial charge in [0.15, 0.2) is 0 Å². The molecule has 18 heavy (non-hydrogen) atoms. The van der Waals surface area contributed by atoms with Crippen LogP contribution in [0.15, 0.2) is 24.3 Å². The first-order chi connectivity index (χ1) is 8.64. The van der Waals surface area contributed by atoms with Crippen molar-refractivity contribution in [1.29, 1.82) is 0 Å². The molecule has 1 aromatic carbocycles. The van der Waals surface area contributed by atoms with Crippen molar-refractivity contribution in [2.75, 3.05) is 6.54 Å². The highest BCUT2D eigenvalue weighted by Gasteiger charge is 2.31. The minimum absolute atomic E-state index is 0.0178. The zero-order valence-electron chi connectivity index (χ0n) is 11.0. The van der Waals surface area contributed by atoms with E-state index in [1.807, 2.05) is 19.1 Å². The van der Waals surface area contributed by atoms with E-state index in [1.54, 1.807) is 6.07 Å². The van der Waals surface area contributed by atoms with E-state index in [2.05, 4.69) is 5.32 Å². The van der Waals surface area contributed by atoms with Gasteiger partial charge in [0, 0.05) is 18.2 Å². The lowest BCUT2D eigenvalue weighted by Crippen LogP contribution is -2.39. The fraction of sp³-hybridized carbons (Fsp3) is 0.600. The molecule has 1 unspecified atom stereocenters. The normalized spacial score (nSPS) is 19.9. The third kappa shape index (κ3) is 3.09. The van der Waals surface area contributed by atoms with E-state index in [9.17, 15) is 9.50 Å². The molecular weight excluding hydrogens is 229 g/mol. The molecule has 0 aromatic heterocycles. The van der Waals surface area contributed by atoms with Crippen molar-refractivity contribution in [3.63, 3.8) is 0 Å². The van der Waals surface area contributed by atoms with Crippen molar-refractivity contribution >= 4 is 0 Å². The van der Waals surface area contributed by atoms with Crippen LogP contribution in [0.2, 0.25) is 0 Å². The molecule has 2 rings (SSSR count).